The van der Waals surface area contributed by atoms with E-state index in [4.69, 9.17) is 0 Å². The van der Waals surface area contributed by atoms with Gasteiger partial charge in [-0.25, -0.2) is 0 Å². The van der Waals surface area contributed by atoms with E-state index in [9.17, 15) is 0 Å². The van der Waals surface area contributed by atoms with Crippen LogP contribution in [0, 0.1) is 0 Å². The van der Waals surface area contributed by atoms with Crippen LogP contribution in [-0.2, 0) is 0 Å². The van der Waals surface area contributed by atoms with Crippen molar-refractivity contribution in [2.45, 2.75) is 0 Å². The molecule has 20 aromatic rings. The lowest BCUT2D eigenvalue weighted by Gasteiger charge is -2.08. The maximum atomic E-state index is 2.42. The molecule has 6 heteroatoms. The van der Waals surface area contributed by atoms with E-state index < -0.39 is 0 Å². The monoisotopic (exact) mass is 1210 g/mol. The predicted octanol–water partition coefficient (Wildman–Crippen LogP) is 25.7. The minimum atomic E-state index is 1.20. The topological polar surface area (TPSA) is 9.86 Å². The molecular formula is C84H50N2S4. The highest BCUT2D eigenvalue weighted by Crippen LogP contribution is 2.47. The van der Waals surface area contributed by atoms with Crippen LogP contribution >= 0.6 is 45.3 Å². The molecule has 0 atom stereocenters. The Balaban J connectivity index is 0.000000130. The second-order valence-electron chi connectivity index (χ2n) is 23.5. The van der Waals surface area contributed by atoms with Gasteiger partial charge in [0.25, 0.3) is 0 Å². The lowest BCUT2D eigenvalue weighted by atomic mass is 9.98. The summed E-state index contributed by atoms with van der Waals surface area (Å²) in [5, 5.41) is 15.9. The quantitative estimate of drug-likeness (QED) is 0.157. The van der Waals surface area contributed by atoms with Crippen LogP contribution in [-0.4, -0.2) is 9.13 Å². The zero-order valence-corrected chi connectivity index (χ0v) is 51.7. The van der Waals surface area contributed by atoms with Gasteiger partial charge in [0.1, 0.15) is 0 Å². The first-order valence-electron chi connectivity index (χ1n) is 30.5. The second-order valence-corrected chi connectivity index (χ2v) is 27.8. The summed E-state index contributed by atoms with van der Waals surface area (Å²) >= 11 is 7.57. The van der Waals surface area contributed by atoms with E-state index in [1.54, 1.807) is 0 Å². The van der Waals surface area contributed by atoms with Crippen LogP contribution in [0.4, 0.5) is 0 Å². The number of aromatic nitrogens is 2. The summed E-state index contributed by atoms with van der Waals surface area (Å²) in [4.78, 5) is 0. The maximum absolute atomic E-state index is 2.42. The van der Waals surface area contributed by atoms with Crippen molar-refractivity contribution in [2.75, 3.05) is 0 Å². The molecule has 0 fully saturated rings. The fourth-order valence-corrected chi connectivity index (χ4v) is 18.9. The van der Waals surface area contributed by atoms with E-state index in [0.29, 0.717) is 0 Å². The highest BCUT2D eigenvalue weighted by molar-refractivity contribution is 7.27. The molecule has 0 aliphatic heterocycles. The summed E-state index contributed by atoms with van der Waals surface area (Å²) in [6, 6.07) is 111. The first-order chi connectivity index (χ1) is 44.6. The van der Waals surface area contributed by atoms with Crippen molar-refractivity contribution in [3.8, 4) is 55.9 Å². The fraction of sp³-hybridized carbons (Fsp3) is 0. The molecule has 2 nitrogen and oxygen atoms in total. The molecule has 0 bridgehead atoms. The molecule has 0 aliphatic rings. The molecule has 14 aromatic carbocycles. The molecule has 6 heterocycles. The maximum Gasteiger partial charge on any atom is 0.0727 e. The third kappa shape index (κ3) is 8.26. The average molecular weight is 1220 g/mol. The number of benzene rings is 14. The van der Waals surface area contributed by atoms with Gasteiger partial charge in [0.15, 0.2) is 0 Å². The SMILES string of the molecule is c1ccc(-n2c3ccccc3c3sc4cc(-c5ccc(-c6ccc7c(c6)sc6cc8ccccc8cc67)cc5)ccc4c32)cc1.c1ccc(-n2c3ccccc3c3sc4cc(-c5ccc(-c6ccc7c(c6)sc6ccc8ccccc8c67)cc5)ccc4c32)cc1. The summed E-state index contributed by atoms with van der Waals surface area (Å²) in [5.41, 5.74) is 17.5. The first-order valence-corrected chi connectivity index (χ1v) is 33.8. The van der Waals surface area contributed by atoms with Crippen LogP contribution < -0.4 is 0 Å². The molecule has 20 rings (SSSR count). The molecule has 0 radical (unpaired) electrons. The number of fused-ring (bicyclic) bond motifs is 19. The van der Waals surface area contributed by atoms with Gasteiger partial charge >= 0.3 is 0 Å². The molecule has 0 aliphatic carbocycles. The Kier molecular flexibility index (Phi) is 11.8. The number of rotatable bonds is 6. The van der Waals surface area contributed by atoms with Gasteiger partial charge in [-0.05, 0) is 145 Å². The van der Waals surface area contributed by atoms with Crippen molar-refractivity contribution in [1.29, 1.82) is 0 Å². The van der Waals surface area contributed by atoms with Gasteiger partial charge in [0, 0.05) is 82.7 Å². The van der Waals surface area contributed by atoms with Crippen LogP contribution in [0.3, 0.4) is 0 Å². The van der Waals surface area contributed by atoms with Crippen LogP contribution in [0.1, 0.15) is 0 Å². The number of thiophene rings is 4. The Hall–Kier alpha value is -10.4. The van der Waals surface area contributed by atoms with Crippen molar-refractivity contribution < 1.29 is 0 Å². The largest absolute Gasteiger partial charge is 0.308 e. The van der Waals surface area contributed by atoms with Gasteiger partial charge in [0.05, 0.1) is 31.5 Å². The second kappa shape index (κ2) is 20.6. The van der Waals surface area contributed by atoms with E-state index >= 15 is 0 Å². The molecule has 0 spiro atoms. The average Bonchev–Trinajstić information content (AvgIpc) is 1.59. The van der Waals surface area contributed by atoms with Crippen LogP contribution in [0.5, 0.6) is 0 Å². The summed E-state index contributed by atoms with van der Waals surface area (Å²) in [6.45, 7) is 0. The van der Waals surface area contributed by atoms with Crippen LogP contribution in [0.25, 0.3) is 180 Å². The van der Waals surface area contributed by atoms with Gasteiger partial charge in [-0.15, -0.1) is 45.3 Å². The lowest BCUT2D eigenvalue weighted by Crippen LogP contribution is -1.92. The fourth-order valence-electron chi connectivity index (χ4n) is 14.1. The molecule has 420 valence electrons. The standard InChI is InChI=1S/2C42H25NS2/c1-2-10-32(11-3-1)43-37-13-7-6-12-34(37)42-41(43)35-21-19-31(25-39(35)45-42)27-16-14-26(15-17-27)30-18-20-33-36-22-28-8-4-5-9-29(28)23-40(36)44-38(33)24-30;1-2-9-31(10-3-1)43-36-13-7-6-12-33(36)42-41(43)35-22-19-30(25-39(35)45-42)27-16-14-26(15-17-27)29-18-21-34-38(24-29)44-37-23-20-28-8-4-5-11-32(28)40(34)37/h2*1-25H. The van der Waals surface area contributed by atoms with Crippen molar-refractivity contribution in [2.24, 2.45) is 0 Å². The van der Waals surface area contributed by atoms with Crippen molar-refractivity contribution >= 4 is 170 Å². The summed E-state index contributed by atoms with van der Waals surface area (Å²) in [5.74, 6) is 0. The Morgan fingerprint density at radius 1 is 0.200 bits per heavy atom. The summed E-state index contributed by atoms with van der Waals surface area (Å²) in [6.07, 6.45) is 0. The van der Waals surface area contributed by atoms with Gasteiger partial charge in [0.2, 0.25) is 0 Å². The zero-order chi connectivity index (χ0) is 59.0. The van der Waals surface area contributed by atoms with Crippen LogP contribution in [0.2, 0.25) is 0 Å². The minimum Gasteiger partial charge on any atom is -0.308 e. The van der Waals surface area contributed by atoms with Crippen molar-refractivity contribution in [3.63, 3.8) is 0 Å². The third-order valence-corrected chi connectivity index (χ3v) is 23.0. The van der Waals surface area contributed by atoms with Gasteiger partial charge < -0.3 is 9.13 Å². The van der Waals surface area contributed by atoms with Gasteiger partial charge in [-0.2, -0.15) is 0 Å². The lowest BCUT2D eigenvalue weighted by molar-refractivity contribution is 1.19. The smallest absolute Gasteiger partial charge is 0.0727 e. The van der Waals surface area contributed by atoms with E-state index in [1.165, 1.54) is 180 Å². The Morgan fingerprint density at radius 2 is 0.567 bits per heavy atom. The number of hydrogen-bond acceptors (Lipinski definition) is 4. The number of hydrogen-bond donors (Lipinski definition) is 0. The number of para-hydroxylation sites is 4. The third-order valence-electron chi connectivity index (χ3n) is 18.4. The predicted molar refractivity (Wildman–Crippen MR) is 395 cm³/mol. The van der Waals surface area contributed by atoms with E-state index in [1.807, 2.05) is 45.3 Å². The normalized spacial score (nSPS) is 12.0. The zero-order valence-electron chi connectivity index (χ0n) is 48.4. The van der Waals surface area contributed by atoms with E-state index in [0.717, 1.165) is 0 Å². The van der Waals surface area contributed by atoms with E-state index in [2.05, 4.69) is 312 Å². The van der Waals surface area contributed by atoms with Gasteiger partial charge in [-0.3, -0.25) is 0 Å². The molecule has 6 aromatic heterocycles. The van der Waals surface area contributed by atoms with Gasteiger partial charge in [-0.1, -0.05) is 224 Å². The minimum absolute atomic E-state index is 1.20. The summed E-state index contributed by atoms with van der Waals surface area (Å²) in [7, 11) is 0. The molecule has 0 N–H and O–H groups in total. The molecule has 0 unspecified atom stereocenters. The van der Waals surface area contributed by atoms with Crippen molar-refractivity contribution in [3.05, 3.63) is 303 Å². The first kappa shape index (κ1) is 51.6. The Labute approximate surface area is 533 Å². The molecule has 0 saturated carbocycles. The highest BCUT2D eigenvalue weighted by atomic mass is 32.1. The molecule has 0 amide bonds. The Bertz CT molecular complexity index is 6250. The molecule has 0 saturated heterocycles. The summed E-state index contributed by atoms with van der Waals surface area (Å²) < 4.78 is 15.6. The molecule has 90 heavy (non-hydrogen) atoms. The highest BCUT2D eigenvalue weighted by Gasteiger charge is 2.21. The molecular weight excluding hydrogens is 1170 g/mol. The Morgan fingerprint density at radius 3 is 1.08 bits per heavy atom. The van der Waals surface area contributed by atoms with Crippen molar-refractivity contribution in [1.82, 2.24) is 9.13 Å². The van der Waals surface area contributed by atoms with Crippen LogP contribution in [0.15, 0.2) is 303 Å². The number of nitrogens with zero attached hydrogens (tertiary/aromatic N) is 2. The van der Waals surface area contributed by atoms with E-state index in [-0.39, 0.29) is 0 Å².